The number of hydrogen-bond acceptors (Lipinski definition) is 5. The Morgan fingerprint density at radius 3 is 2.96 bits per heavy atom. The molecule has 0 amide bonds. The number of rotatable bonds is 7. The molecule has 0 bridgehead atoms. The summed E-state index contributed by atoms with van der Waals surface area (Å²) in [6, 6.07) is 1.98. The molecule has 1 aliphatic heterocycles. The molecule has 0 unspecified atom stereocenters. The molecule has 0 saturated heterocycles. The first-order valence-electron chi connectivity index (χ1n) is 8.21. The van der Waals surface area contributed by atoms with Crippen molar-refractivity contribution >= 4 is 0 Å². The van der Waals surface area contributed by atoms with Gasteiger partial charge in [0.25, 0.3) is 0 Å². The molecule has 0 radical (unpaired) electrons. The molecule has 2 aromatic rings. The van der Waals surface area contributed by atoms with Gasteiger partial charge in [0.15, 0.2) is 6.10 Å². The summed E-state index contributed by atoms with van der Waals surface area (Å²) >= 11 is 0. The quantitative estimate of drug-likeness (QED) is 0.769. The molecule has 3 rings (SSSR count). The number of nitrogens with zero attached hydrogens (tertiary/aromatic N) is 5. The number of ether oxygens (including phenoxy) is 1. The summed E-state index contributed by atoms with van der Waals surface area (Å²) in [5.41, 5.74) is 1.80. The summed E-state index contributed by atoms with van der Waals surface area (Å²) in [4.78, 5) is 6.57. The van der Waals surface area contributed by atoms with Crippen LogP contribution in [0.3, 0.4) is 0 Å². The van der Waals surface area contributed by atoms with Crippen LogP contribution in [-0.2, 0) is 24.9 Å². The Labute approximate surface area is 136 Å². The number of aromatic nitrogens is 4. The zero-order valence-corrected chi connectivity index (χ0v) is 13.9. The Kier molecular flexibility index (Phi) is 5.09. The number of fused-ring (bicyclic) bond motifs is 1. The van der Waals surface area contributed by atoms with E-state index >= 15 is 0 Å². The van der Waals surface area contributed by atoms with E-state index in [4.69, 9.17) is 4.74 Å². The van der Waals surface area contributed by atoms with Gasteiger partial charge in [0.05, 0.1) is 24.5 Å². The summed E-state index contributed by atoms with van der Waals surface area (Å²) in [6.07, 6.45) is 3.79. The van der Waals surface area contributed by atoms with Crippen LogP contribution in [0.5, 0.6) is 0 Å². The van der Waals surface area contributed by atoms with E-state index in [1.807, 2.05) is 28.6 Å². The molecule has 1 aliphatic rings. The van der Waals surface area contributed by atoms with Crippen molar-refractivity contribution in [3.8, 4) is 0 Å². The molecule has 7 nitrogen and oxygen atoms in total. The third kappa shape index (κ3) is 3.63. The largest absolute Gasteiger partial charge is 0.380 e. The highest BCUT2D eigenvalue weighted by Crippen LogP contribution is 2.22. The van der Waals surface area contributed by atoms with E-state index in [0.29, 0.717) is 11.5 Å². The summed E-state index contributed by atoms with van der Waals surface area (Å²) in [5.74, 6) is 0.616. The topological polar surface area (TPSA) is 68.3 Å². The lowest BCUT2D eigenvalue weighted by Gasteiger charge is -2.27. The van der Waals surface area contributed by atoms with Gasteiger partial charge in [-0.25, -0.2) is 4.98 Å². The molecule has 0 aromatic carbocycles. The summed E-state index contributed by atoms with van der Waals surface area (Å²) in [6.45, 7) is 7.29. The third-order valence-corrected chi connectivity index (χ3v) is 4.18. The molecule has 1 N–H and O–H groups in total. The maximum atomic E-state index is 10.5. The molecule has 2 aromatic heterocycles. The van der Waals surface area contributed by atoms with Crippen LogP contribution < -0.4 is 0 Å². The van der Waals surface area contributed by atoms with Crippen molar-refractivity contribution in [1.29, 1.82) is 0 Å². The van der Waals surface area contributed by atoms with Gasteiger partial charge in [-0.05, 0) is 12.5 Å². The van der Waals surface area contributed by atoms with Gasteiger partial charge in [0.2, 0.25) is 0 Å². The Morgan fingerprint density at radius 2 is 2.22 bits per heavy atom. The van der Waals surface area contributed by atoms with Gasteiger partial charge in [-0.15, -0.1) is 0 Å². The van der Waals surface area contributed by atoms with Crippen LogP contribution in [-0.4, -0.2) is 55.6 Å². The van der Waals surface area contributed by atoms with Crippen LogP contribution in [0.4, 0.5) is 0 Å². The monoisotopic (exact) mass is 319 g/mol. The molecule has 126 valence electrons. The lowest BCUT2D eigenvalue weighted by Crippen LogP contribution is -2.36. The third-order valence-electron chi connectivity index (χ3n) is 4.18. The Balaban J connectivity index is 1.63. The molecule has 0 fully saturated rings. The van der Waals surface area contributed by atoms with E-state index in [2.05, 4.69) is 21.9 Å². The number of aliphatic hydroxyl groups excluding tert-OH is 1. The summed E-state index contributed by atoms with van der Waals surface area (Å²) < 4.78 is 9.37. The van der Waals surface area contributed by atoms with Crippen LogP contribution in [0.2, 0.25) is 0 Å². The fourth-order valence-electron chi connectivity index (χ4n) is 2.88. The van der Waals surface area contributed by atoms with Gasteiger partial charge >= 0.3 is 0 Å². The minimum atomic E-state index is -0.783. The van der Waals surface area contributed by atoms with Crippen LogP contribution in [0.25, 0.3) is 0 Å². The van der Waals surface area contributed by atoms with Crippen molar-refractivity contribution in [2.45, 2.75) is 32.5 Å². The molecule has 23 heavy (non-hydrogen) atoms. The first kappa shape index (κ1) is 16.2. The lowest BCUT2D eigenvalue weighted by molar-refractivity contribution is 0.0930. The predicted octanol–water partition coefficient (Wildman–Crippen LogP) is 0.940. The van der Waals surface area contributed by atoms with Crippen molar-refractivity contribution in [2.75, 3.05) is 26.3 Å². The highest BCUT2D eigenvalue weighted by Gasteiger charge is 2.23. The molecule has 1 atom stereocenters. The lowest BCUT2D eigenvalue weighted by atomic mass is 10.2. The second-order valence-electron chi connectivity index (χ2n) is 5.97. The standard InChI is InChI=1S/C16H25N5O2/c1-3-9-23-10-8-20-6-7-21-13(12-20)11-14(18-21)15(22)16-17-4-5-19(16)2/h4-5,11,15,22H,3,6-10,12H2,1-2H3/t15-/m1/s1. The number of imidazole rings is 1. The zero-order chi connectivity index (χ0) is 16.2. The SMILES string of the molecule is CCCOCCN1CCn2nc([C@@H](O)c3nccn3C)cc2C1. The van der Waals surface area contributed by atoms with Crippen LogP contribution in [0.1, 0.15) is 36.7 Å². The van der Waals surface area contributed by atoms with E-state index in [0.717, 1.165) is 51.5 Å². The first-order valence-corrected chi connectivity index (χ1v) is 8.21. The Bertz CT molecular complexity index is 636. The van der Waals surface area contributed by atoms with Gasteiger partial charge in [-0.3, -0.25) is 9.58 Å². The highest BCUT2D eigenvalue weighted by molar-refractivity contribution is 5.19. The number of aliphatic hydroxyl groups is 1. The smallest absolute Gasteiger partial charge is 0.155 e. The van der Waals surface area contributed by atoms with Gasteiger partial charge in [0, 0.05) is 45.7 Å². The van der Waals surface area contributed by atoms with Gasteiger partial charge in [0.1, 0.15) is 5.82 Å². The average Bonchev–Trinajstić information content (AvgIpc) is 3.16. The zero-order valence-electron chi connectivity index (χ0n) is 13.9. The predicted molar refractivity (Wildman–Crippen MR) is 85.9 cm³/mol. The first-order chi connectivity index (χ1) is 11.2. The van der Waals surface area contributed by atoms with Crippen LogP contribution in [0.15, 0.2) is 18.5 Å². The van der Waals surface area contributed by atoms with Crippen molar-refractivity contribution in [3.63, 3.8) is 0 Å². The molecule has 3 heterocycles. The van der Waals surface area contributed by atoms with E-state index in [1.165, 1.54) is 0 Å². The van der Waals surface area contributed by atoms with E-state index in [1.54, 1.807) is 6.20 Å². The maximum Gasteiger partial charge on any atom is 0.155 e. The second kappa shape index (κ2) is 7.25. The minimum absolute atomic E-state index is 0.616. The molecule has 0 saturated carbocycles. The summed E-state index contributed by atoms with van der Waals surface area (Å²) in [7, 11) is 1.87. The van der Waals surface area contributed by atoms with Crippen LogP contribution >= 0.6 is 0 Å². The van der Waals surface area contributed by atoms with Crippen molar-refractivity contribution in [2.24, 2.45) is 7.05 Å². The van der Waals surface area contributed by atoms with E-state index in [-0.39, 0.29) is 0 Å². The van der Waals surface area contributed by atoms with Crippen molar-refractivity contribution in [1.82, 2.24) is 24.2 Å². The van der Waals surface area contributed by atoms with E-state index < -0.39 is 6.10 Å². The maximum absolute atomic E-state index is 10.5. The van der Waals surface area contributed by atoms with E-state index in [9.17, 15) is 5.11 Å². The normalized spacial score (nSPS) is 16.5. The minimum Gasteiger partial charge on any atom is -0.380 e. The number of hydrogen-bond donors (Lipinski definition) is 1. The highest BCUT2D eigenvalue weighted by atomic mass is 16.5. The fraction of sp³-hybridized carbons (Fsp3) is 0.625. The molecule has 0 aliphatic carbocycles. The van der Waals surface area contributed by atoms with Gasteiger partial charge < -0.3 is 14.4 Å². The fourth-order valence-corrected chi connectivity index (χ4v) is 2.88. The number of aryl methyl sites for hydroxylation is 1. The molecule has 0 spiro atoms. The van der Waals surface area contributed by atoms with Crippen LogP contribution in [0, 0.1) is 0 Å². The Morgan fingerprint density at radius 1 is 1.35 bits per heavy atom. The summed E-state index contributed by atoms with van der Waals surface area (Å²) in [5, 5.41) is 15.0. The average molecular weight is 319 g/mol. The van der Waals surface area contributed by atoms with Gasteiger partial charge in [-0.1, -0.05) is 6.92 Å². The molecular weight excluding hydrogens is 294 g/mol. The molecule has 7 heteroatoms. The second-order valence-corrected chi connectivity index (χ2v) is 5.97. The van der Waals surface area contributed by atoms with Gasteiger partial charge in [-0.2, -0.15) is 5.10 Å². The molecular formula is C16H25N5O2. The van der Waals surface area contributed by atoms with Crippen molar-refractivity contribution < 1.29 is 9.84 Å². The Hall–Kier alpha value is -1.70. The van der Waals surface area contributed by atoms with Crippen molar-refractivity contribution in [3.05, 3.63) is 35.7 Å².